The molecule has 36 heavy (non-hydrogen) atoms. The summed E-state index contributed by atoms with van der Waals surface area (Å²) in [7, 11) is 0. The number of ether oxygens (including phenoxy) is 1. The van der Waals surface area contributed by atoms with Crippen LogP contribution in [-0.4, -0.2) is 51.9 Å². The Balaban J connectivity index is 2.11. The van der Waals surface area contributed by atoms with Gasteiger partial charge >= 0.3 is 5.97 Å². The Kier molecular flexibility index (Phi) is 9.74. The molecule has 1 atom stereocenters. The summed E-state index contributed by atoms with van der Waals surface area (Å²) in [4.78, 5) is 43.1. The Morgan fingerprint density at radius 2 is 2.03 bits per heavy atom. The molecule has 2 fully saturated rings. The van der Waals surface area contributed by atoms with Gasteiger partial charge in [0.15, 0.2) is 0 Å². The highest BCUT2D eigenvalue weighted by Crippen LogP contribution is 2.37. The van der Waals surface area contributed by atoms with E-state index in [1.54, 1.807) is 29.4 Å². The molecule has 1 amide bonds. The van der Waals surface area contributed by atoms with E-state index in [9.17, 15) is 19.6 Å². The van der Waals surface area contributed by atoms with E-state index in [4.69, 9.17) is 17.0 Å². The predicted octanol–water partition coefficient (Wildman–Crippen LogP) is 4.22. The lowest BCUT2D eigenvalue weighted by atomic mass is 9.96. The second kappa shape index (κ2) is 12.5. The number of carbonyl (C=O) groups excluding carboxylic acids is 2. The third-order valence-electron chi connectivity index (χ3n) is 6.64. The van der Waals surface area contributed by atoms with Crippen LogP contribution in [0, 0.1) is 24.2 Å². The van der Waals surface area contributed by atoms with Crippen LogP contribution in [0.2, 0.25) is 0 Å². The van der Waals surface area contributed by atoms with E-state index in [1.807, 2.05) is 11.8 Å². The molecule has 0 radical (unpaired) electrons. The zero-order chi connectivity index (χ0) is 26.4. The molecule has 2 saturated heterocycles. The van der Waals surface area contributed by atoms with Gasteiger partial charge < -0.3 is 9.64 Å². The predicted molar refractivity (Wildman–Crippen MR) is 147 cm³/mol. The summed E-state index contributed by atoms with van der Waals surface area (Å²) in [6, 6.07) is 2.06. The van der Waals surface area contributed by atoms with Gasteiger partial charge in [0.2, 0.25) is 0 Å². The molecule has 0 spiro atoms. The number of unbranched alkanes of at least 4 members (excludes halogenated alkanes) is 2. The van der Waals surface area contributed by atoms with Crippen LogP contribution in [0.15, 0.2) is 9.70 Å². The van der Waals surface area contributed by atoms with Crippen molar-refractivity contribution in [1.29, 1.82) is 5.26 Å². The van der Waals surface area contributed by atoms with Gasteiger partial charge in [-0.2, -0.15) is 5.26 Å². The number of thiocarbonyl (C=S) groups is 1. The molecule has 0 bridgehead atoms. The number of piperidine rings is 1. The number of nitriles is 1. The first kappa shape index (κ1) is 27.9. The molecular weight excluding hydrogens is 496 g/mol. The molecule has 3 rings (SSSR count). The average Bonchev–Trinajstić information content (AvgIpc) is 3.13. The third kappa shape index (κ3) is 5.68. The van der Waals surface area contributed by atoms with Crippen LogP contribution in [0.3, 0.4) is 0 Å². The highest BCUT2D eigenvalue weighted by molar-refractivity contribution is 8.26. The molecule has 0 saturated carbocycles. The molecule has 1 aromatic heterocycles. The maximum Gasteiger partial charge on any atom is 0.310 e. The number of nitrogens with zero attached hydrogens (tertiary/aromatic N) is 4. The van der Waals surface area contributed by atoms with Gasteiger partial charge in [-0.3, -0.25) is 23.9 Å². The van der Waals surface area contributed by atoms with Crippen molar-refractivity contribution < 1.29 is 14.3 Å². The number of amides is 1. The summed E-state index contributed by atoms with van der Waals surface area (Å²) in [5.74, 6) is -0.0707. The fraction of sp³-hybridized carbons (Fsp3) is 0.577. The van der Waals surface area contributed by atoms with E-state index in [-0.39, 0.29) is 28.9 Å². The minimum absolute atomic E-state index is 0.0595. The van der Waals surface area contributed by atoms with Crippen LogP contribution in [0.25, 0.3) is 6.08 Å². The smallest absolute Gasteiger partial charge is 0.310 e. The highest BCUT2D eigenvalue weighted by atomic mass is 32.2. The second-order valence-electron chi connectivity index (χ2n) is 8.98. The average molecular weight is 531 g/mol. The molecule has 2 aliphatic heterocycles. The van der Waals surface area contributed by atoms with Crippen molar-refractivity contribution in [2.75, 3.05) is 31.1 Å². The molecule has 2 aliphatic rings. The highest BCUT2D eigenvalue weighted by Gasteiger charge is 2.34. The molecule has 1 unspecified atom stereocenters. The fourth-order valence-electron chi connectivity index (χ4n) is 4.74. The minimum atomic E-state index is -0.366. The number of carbonyl (C=O) groups is 2. The van der Waals surface area contributed by atoms with Crippen LogP contribution in [0.5, 0.6) is 0 Å². The fourth-order valence-corrected chi connectivity index (χ4v) is 6.03. The van der Waals surface area contributed by atoms with Gasteiger partial charge in [0.05, 0.1) is 17.4 Å². The summed E-state index contributed by atoms with van der Waals surface area (Å²) in [6.07, 6.45) is 6.19. The Morgan fingerprint density at radius 3 is 2.67 bits per heavy atom. The zero-order valence-electron chi connectivity index (χ0n) is 21.5. The molecule has 1 aromatic rings. The standard InChI is InChI=1S/C26H34N4O4S2/c1-5-8-9-13-30-24(32)21(36-26(30)35)14-19-17(4)20(15-27)23(31)29(6-2)22(19)28-12-10-11-18(16-28)25(33)34-7-3/h14,18H,5-13,16H2,1-4H3/b21-14-. The molecular formula is C26H34N4O4S2. The lowest BCUT2D eigenvalue weighted by Gasteiger charge is -2.36. The number of hydrogen-bond donors (Lipinski definition) is 0. The number of rotatable bonds is 9. The van der Waals surface area contributed by atoms with Gasteiger partial charge in [-0.15, -0.1) is 0 Å². The largest absolute Gasteiger partial charge is 0.466 e. The monoisotopic (exact) mass is 530 g/mol. The summed E-state index contributed by atoms with van der Waals surface area (Å²) in [5.41, 5.74) is 0.863. The number of esters is 1. The van der Waals surface area contributed by atoms with Crippen molar-refractivity contribution in [3.63, 3.8) is 0 Å². The van der Waals surface area contributed by atoms with Crippen LogP contribution < -0.4 is 10.5 Å². The number of thioether (sulfide) groups is 1. The third-order valence-corrected chi connectivity index (χ3v) is 8.02. The molecule has 0 N–H and O–H groups in total. The van der Waals surface area contributed by atoms with E-state index >= 15 is 0 Å². The normalized spacial score (nSPS) is 19.2. The Morgan fingerprint density at radius 1 is 1.28 bits per heavy atom. The van der Waals surface area contributed by atoms with E-state index < -0.39 is 0 Å². The summed E-state index contributed by atoms with van der Waals surface area (Å²) in [6.45, 7) is 9.79. The molecule has 10 heteroatoms. The number of hydrogen-bond acceptors (Lipinski definition) is 8. The lowest BCUT2D eigenvalue weighted by molar-refractivity contribution is -0.148. The van der Waals surface area contributed by atoms with Gasteiger partial charge in [-0.1, -0.05) is 43.7 Å². The Bertz CT molecular complexity index is 1170. The van der Waals surface area contributed by atoms with E-state index in [0.717, 1.165) is 25.7 Å². The number of pyridine rings is 1. The first-order chi connectivity index (χ1) is 17.3. The molecule has 8 nitrogen and oxygen atoms in total. The second-order valence-corrected chi connectivity index (χ2v) is 10.7. The number of aromatic nitrogens is 1. The molecule has 194 valence electrons. The van der Waals surface area contributed by atoms with Crippen LogP contribution in [0.1, 0.15) is 69.6 Å². The Hall–Kier alpha value is -2.64. The van der Waals surface area contributed by atoms with Crippen molar-refractivity contribution in [3.8, 4) is 6.07 Å². The molecule has 3 heterocycles. The summed E-state index contributed by atoms with van der Waals surface area (Å²) >= 11 is 6.74. The summed E-state index contributed by atoms with van der Waals surface area (Å²) in [5, 5.41) is 9.78. The van der Waals surface area contributed by atoms with E-state index in [0.29, 0.717) is 65.4 Å². The maximum absolute atomic E-state index is 13.2. The van der Waals surface area contributed by atoms with Crippen LogP contribution >= 0.6 is 24.0 Å². The first-order valence-electron chi connectivity index (χ1n) is 12.6. The van der Waals surface area contributed by atoms with E-state index in [2.05, 4.69) is 13.0 Å². The van der Waals surface area contributed by atoms with Gasteiger partial charge in [0, 0.05) is 31.7 Å². The lowest BCUT2D eigenvalue weighted by Crippen LogP contribution is -2.43. The van der Waals surface area contributed by atoms with Crippen molar-refractivity contribution in [3.05, 3.63) is 31.9 Å². The maximum atomic E-state index is 13.2. The Labute approximate surface area is 222 Å². The molecule has 0 aliphatic carbocycles. The van der Waals surface area contributed by atoms with Crippen LogP contribution in [-0.2, 0) is 20.9 Å². The summed E-state index contributed by atoms with van der Waals surface area (Å²) < 4.78 is 7.36. The van der Waals surface area contributed by atoms with Gasteiger partial charge in [0.25, 0.3) is 11.5 Å². The van der Waals surface area contributed by atoms with Crippen molar-refractivity contribution in [2.24, 2.45) is 5.92 Å². The topological polar surface area (TPSA) is 95.6 Å². The quantitative estimate of drug-likeness (QED) is 0.203. The number of anilines is 1. The first-order valence-corrected chi connectivity index (χ1v) is 13.9. The SMILES string of the molecule is CCCCCN1C(=O)/C(=C/c2c(C)c(C#N)c(=O)n(CC)c2N2CCCC(C(=O)OCC)C2)SC1=S. The van der Waals surface area contributed by atoms with E-state index in [1.165, 1.54) is 11.8 Å². The van der Waals surface area contributed by atoms with Crippen molar-refractivity contribution >= 4 is 52.1 Å². The molecule has 0 aromatic carbocycles. The van der Waals surface area contributed by atoms with Gasteiger partial charge in [0.1, 0.15) is 21.8 Å². The zero-order valence-corrected chi connectivity index (χ0v) is 23.1. The van der Waals surface area contributed by atoms with Crippen molar-refractivity contribution in [1.82, 2.24) is 9.47 Å². The minimum Gasteiger partial charge on any atom is -0.466 e. The van der Waals surface area contributed by atoms with Crippen molar-refractivity contribution in [2.45, 2.75) is 66.3 Å². The van der Waals surface area contributed by atoms with Gasteiger partial charge in [-0.05, 0) is 51.7 Å². The van der Waals surface area contributed by atoms with Crippen LogP contribution in [0.4, 0.5) is 5.82 Å². The van der Waals surface area contributed by atoms with Gasteiger partial charge in [-0.25, -0.2) is 0 Å².